The van der Waals surface area contributed by atoms with Gasteiger partial charge in [0.15, 0.2) is 0 Å². The Morgan fingerprint density at radius 2 is 1.48 bits per heavy atom. The summed E-state index contributed by atoms with van der Waals surface area (Å²) >= 11 is 1.72. The van der Waals surface area contributed by atoms with Crippen LogP contribution in [0, 0.1) is 0 Å². The van der Waals surface area contributed by atoms with E-state index in [0.29, 0.717) is 11.6 Å². The van der Waals surface area contributed by atoms with Crippen LogP contribution in [0.1, 0.15) is 24.2 Å². The van der Waals surface area contributed by atoms with Gasteiger partial charge in [0, 0.05) is 10.9 Å². The number of rotatable bonds is 5. The number of hydrogen-bond donors (Lipinski definition) is 1. The highest BCUT2D eigenvalue weighted by molar-refractivity contribution is 7.97. The lowest BCUT2D eigenvalue weighted by Gasteiger charge is -2.19. The molecule has 0 heterocycles. The second-order valence-electron chi connectivity index (χ2n) is 5.14. The van der Waals surface area contributed by atoms with E-state index in [1.165, 1.54) is 4.90 Å². The van der Waals surface area contributed by atoms with E-state index >= 15 is 0 Å². The predicted molar refractivity (Wildman–Crippen MR) is 87.6 cm³/mol. The Kier molecular flexibility index (Phi) is 5.04. The van der Waals surface area contributed by atoms with Gasteiger partial charge in [-0.1, -0.05) is 24.3 Å². The number of aromatic carboxylic acids is 1. The number of benzene rings is 2. The van der Waals surface area contributed by atoms with Crippen molar-refractivity contribution in [1.29, 1.82) is 0 Å². The second-order valence-corrected chi connectivity index (χ2v) is 6.37. The number of hydrogen-bond acceptors (Lipinski definition) is 3. The third-order valence-electron chi connectivity index (χ3n) is 3.30. The van der Waals surface area contributed by atoms with Crippen molar-refractivity contribution in [3.63, 3.8) is 0 Å². The quantitative estimate of drug-likeness (QED) is 0.831. The van der Waals surface area contributed by atoms with Crippen LogP contribution in [0.2, 0.25) is 0 Å². The minimum atomic E-state index is -0.898. The van der Waals surface area contributed by atoms with Crippen LogP contribution in [0.5, 0.6) is 0 Å². The smallest absolute Gasteiger partial charge is 0.335 e. The van der Waals surface area contributed by atoms with Crippen molar-refractivity contribution in [2.45, 2.75) is 24.8 Å². The number of carbonyl (C=O) groups is 1. The van der Waals surface area contributed by atoms with Crippen molar-refractivity contribution >= 4 is 17.9 Å². The molecule has 2 rings (SSSR count). The van der Waals surface area contributed by atoms with E-state index < -0.39 is 5.97 Å². The Balaban J connectivity index is 2.13. The molecule has 0 unspecified atom stereocenters. The lowest BCUT2D eigenvalue weighted by atomic mass is 10.0. The van der Waals surface area contributed by atoms with Gasteiger partial charge in [-0.25, -0.2) is 9.10 Å². The van der Waals surface area contributed by atoms with E-state index in [1.54, 1.807) is 24.1 Å². The van der Waals surface area contributed by atoms with Gasteiger partial charge in [-0.05, 0) is 68.2 Å². The Bertz CT molecular complexity index is 606. The van der Waals surface area contributed by atoms with E-state index in [-0.39, 0.29) is 0 Å². The van der Waals surface area contributed by atoms with Crippen LogP contribution in [-0.4, -0.2) is 28.5 Å². The van der Waals surface area contributed by atoms with Gasteiger partial charge in [-0.3, -0.25) is 0 Å². The summed E-state index contributed by atoms with van der Waals surface area (Å²) in [5, 5.41) is 8.90. The summed E-state index contributed by atoms with van der Waals surface area (Å²) in [4.78, 5) is 12.0. The van der Waals surface area contributed by atoms with Crippen molar-refractivity contribution in [2.75, 3.05) is 7.05 Å². The van der Waals surface area contributed by atoms with Crippen LogP contribution < -0.4 is 0 Å². The average molecular weight is 301 g/mol. The molecule has 0 radical (unpaired) electrons. The fraction of sp³-hybridized carbons (Fsp3) is 0.235. The third kappa shape index (κ3) is 4.09. The largest absolute Gasteiger partial charge is 0.478 e. The fourth-order valence-electron chi connectivity index (χ4n) is 1.79. The molecule has 0 saturated heterocycles. The molecule has 2 aromatic carbocycles. The molecule has 0 bridgehead atoms. The highest BCUT2D eigenvalue weighted by atomic mass is 32.2. The zero-order valence-corrected chi connectivity index (χ0v) is 13.2. The molecule has 2 aromatic rings. The van der Waals surface area contributed by atoms with E-state index in [0.717, 1.165) is 11.1 Å². The minimum Gasteiger partial charge on any atom is -0.478 e. The lowest BCUT2D eigenvalue weighted by Crippen LogP contribution is -2.18. The topological polar surface area (TPSA) is 40.5 Å². The van der Waals surface area contributed by atoms with Gasteiger partial charge in [0.25, 0.3) is 0 Å². The van der Waals surface area contributed by atoms with Crippen molar-refractivity contribution in [3.8, 4) is 11.1 Å². The van der Waals surface area contributed by atoms with Crippen molar-refractivity contribution in [1.82, 2.24) is 4.31 Å². The Labute approximate surface area is 129 Å². The molecule has 0 spiro atoms. The Morgan fingerprint density at radius 1 is 1.00 bits per heavy atom. The monoisotopic (exact) mass is 301 g/mol. The number of nitrogens with zero attached hydrogens (tertiary/aromatic N) is 1. The first-order valence-electron chi connectivity index (χ1n) is 6.82. The van der Waals surface area contributed by atoms with E-state index in [4.69, 9.17) is 5.11 Å². The molecule has 110 valence electrons. The average Bonchev–Trinajstić information content (AvgIpc) is 2.48. The molecule has 0 aromatic heterocycles. The van der Waals surface area contributed by atoms with Gasteiger partial charge >= 0.3 is 5.97 Å². The lowest BCUT2D eigenvalue weighted by molar-refractivity contribution is 0.0697. The normalized spacial score (nSPS) is 11.1. The van der Waals surface area contributed by atoms with Crippen molar-refractivity contribution in [3.05, 3.63) is 54.1 Å². The zero-order chi connectivity index (χ0) is 15.4. The van der Waals surface area contributed by atoms with Gasteiger partial charge < -0.3 is 5.11 Å². The molecule has 21 heavy (non-hydrogen) atoms. The maximum atomic E-state index is 10.8. The van der Waals surface area contributed by atoms with Crippen LogP contribution in [0.3, 0.4) is 0 Å². The number of carboxylic acids is 1. The molecule has 0 fully saturated rings. The standard InChI is InChI=1S/C17H19NO2S/c1-12(2)18(3)21-16-10-8-14(9-11-16)13-4-6-15(7-5-13)17(19)20/h4-12H,1-3H3,(H,19,20). The maximum absolute atomic E-state index is 10.8. The van der Waals surface area contributed by atoms with Crippen LogP contribution in [0.25, 0.3) is 11.1 Å². The molecule has 3 nitrogen and oxygen atoms in total. The Hall–Kier alpha value is -1.78. The first-order valence-corrected chi connectivity index (χ1v) is 7.59. The van der Waals surface area contributed by atoms with Crippen LogP contribution in [-0.2, 0) is 0 Å². The van der Waals surface area contributed by atoms with E-state index in [2.05, 4.69) is 49.5 Å². The molecule has 0 aliphatic carbocycles. The molecule has 0 atom stereocenters. The summed E-state index contributed by atoms with van der Waals surface area (Å²) in [5.41, 5.74) is 2.42. The number of carboxylic acid groups (broad SMARTS) is 1. The van der Waals surface area contributed by atoms with Crippen LogP contribution >= 0.6 is 11.9 Å². The third-order valence-corrected chi connectivity index (χ3v) is 4.49. The first-order chi connectivity index (χ1) is 9.97. The van der Waals surface area contributed by atoms with Crippen LogP contribution in [0.4, 0.5) is 0 Å². The summed E-state index contributed by atoms with van der Waals surface area (Å²) in [7, 11) is 2.08. The minimum absolute atomic E-state index is 0.310. The maximum Gasteiger partial charge on any atom is 0.335 e. The second kappa shape index (κ2) is 6.78. The highest BCUT2D eigenvalue weighted by Crippen LogP contribution is 2.26. The van der Waals surface area contributed by atoms with Crippen molar-refractivity contribution in [2.24, 2.45) is 0 Å². The summed E-state index contributed by atoms with van der Waals surface area (Å²) in [6, 6.07) is 15.7. The van der Waals surface area contributed by atoms with Gasteiger partial charge in [0.1, 0.15) is 0 Å². The van der Waals surface area contributed by atoms with E-state index in [9.17, 15) is 4.79 Å². The van der Waals surface area contributed by atoms with Gasteiger partial charge in [-0.2, -0.15) is 0 Å². The molecule has 0 aliphatic heterocycles. The summed E-state index contributed by atoms with van der Waals surface area (Å²) in [6.45, 7) is 4.32. The van der Waals surface area contributed by atoms with Gasteiger partial charge in [-0.15, -0.1) is 0 Å². The van der Waals surface area contributed by atoms with Gasteiger partial charge in [0.2, 0.25) is 0 Å². The Morgan fingerprint density at radius 3 is 1.90 bits per heavy atom. The SMILES string of the molecule is CC(C)N(C)Sc1ccc(-c2ccc(C(=O)O)cc2)cc1. The predicted octanol–water partition coefficient (Wildman–Crippen LogP) is 4.40. The zero-order valence-electron chi connectivity index (χ0n) is 12.4. The molecule has 1 N–H and O–H groups in total. The fourth-order valence-corrected chi connectivity index (χ4v) is 2.59. The molecule has 0 saturated carbocycles. The summed E-state index contributed by atoms with van der Waals surface area (Å²) in [6.07, 6.45) is 0. The van der Waals surface area contributed by atoms with E-state index in [1.807, 2.05) is 12.1 Å². The van der Waals surface area contributed by atoms with Gasteiger partial charge in [0.05, 0.1) is 5.56 Å². The molecule has 0 aliphatic rings. The van der Waals surface area contributed by atoms with Crippen molar-refractivity contribution < 1.29 is 9.90 Å². The highest BCUT2D eigenvalue weighted by Gasteiger charge is 2.06. The van der Waals surface area contributed by atoms with Crippen LogP contribution in [0.15, 0.2) is 53.4 Å². The molecular formula is C17H19NO2S. The molecule has 0 amide bonds. The molecule has 4 heteroatoms. The summed E-state index contributed by atoms with van der Waals surface area (Å²) in [5.74, 6) is -0.898. The first kappa shape index (κ1) is 15.6. The molecular weight excluding hydrogens is 282 g/mol. The summed E-state index contributed by atoms with van der Waals surface area (Å²) < 4.78 is 2.21.